The van der Waals surface area contributed by atoms with Crippen LogP contribution in [-0.4, -0.2) is 5.21 Å². The van der Waals surface area contributed by atoms with Crippen molar-refractivity contribution in [2.75, 3.05) is 0 Å². The van der Waals surface area contributed by atoms with E-state index in [2.05, 4.69) is 5.48 Å². The molecule has 11 heavy (non-hydrogen) atoms. The molecule has 0 saturated heterocycles. The van der Waals surface area contributed by atoms with Crippen LogP contribution in [-0.2, 0) is 0 Å². The largest absolute Gasteiger partial charge is 0.316 e. The maximum absolute atomic E-state index is 8.57. The zero-order valence-corrected chi connectivity index (χ0v) is 8.09. The van der Waals surface area contributed by atoms with Gasteiger partial charge >= 0.3 is 0 Å². The lowest BCUT2D eigenvalue weighted by molar-refractivity contribution is 0.133. The predicted octanol–water partition coefficient (Wildman–Crippen LogP) is 3.09. The summed E-state index contributed by atoms with van der Waals surface area (Å²) in [5.74, 6) is 0. The number of rotatable bonds is 2. The molecule has 0 radical (unpaired) electrons. The Hall–Kier alpha value is 0.200. The van der Waals surface area contributed by atoms with Crippen LogP contribution in [0.25, 0.3) is 0 Å². The lowest BCUT2D eigenvalue weighted by Crippen LogP contribution is -2.12. The fourth-order valence-corrected chi connectivity index (χ4v) is 2.36. The fraction of sp³-hybridized carbons (Fsp3) is 0.333. The first kappa shape index (κ1) is 9.29. The normalized spacial score (nSPS) is 13.5. The summed E-state index contributed by atoms with van der Waals surface area (Å²) in [4.78, 5) is 0. The van der Waals surface area contributed by atoms with E-state index in [1.54, 1.807) is 13.0 Å². The third-order valence-electron chi connectivity index (χ3n) is 1.34. The van der Waals surface area contributed by atoms with Crippen molar-refractivity contribution in [1.29, 1.82) is 0 Å². The molecule has 1 heterocycles. The molecule has 1 atom stereocenters. The van der Waals surface area contributed by atoms with E-state index in [1.165, 1.54) is 11.3 Å². The third-order valence-corrected chi connectivity index (χ3v) is 2.86. The average Bonchev–Trinajstić information content (AvgIpc) is 2.28. The van der Waals surface area contributed by atoms with Gasteiger partial charge < -0.3 is 5.21 Å². The third kappa shape index (κ3) is 2.07. The van der Waals surface area contributed by atoms with E-state index in [0.29, 0.717) is 8.67 Å². The Morgan fingerprint density at radius 2 is 2.27 bits per heavy atom. The molecule has 0 aliphatic rings. The molecule has 62 valence electrons. The highest BCUT2D eigenvalue weighted by atomic mass is 35.5. The molecule has 1 aromatic heterocycles. The Morgan fingerprint density at radius 3 is 2.64 bits per heavy atom. The van der Waals surface area contributed by atoms with Gasteiger partial charge in [-0.1, -0.05) is 23.2 Å². The van der Waals surface area contributed by atoms with Gasteiger partial charge in [-0.15, -0.1) is 11.3 Å². The lowest BCUT2D eigenvalue weighted by Gasteiger charge is -2.05. The first-order chi connectivity index (χ1) is 5.15. The van der Waals surface area contributed by atoms with Crippen LogP contribution in [0.2, 0.25) is 8.67 Å². The molecule has 0 amide bonds. The van der Waals surface area contributed by atoms with Crippen molar-refractivity contribution in [3.05, 3.63) is 20.3 Å². The van der Waals surface area contributed by atoms with Crippen LogP contribution >= 0.6 is 34.5 Å². The molecule has 0 aliphatic carbocycles. The van der Waals surface area contributed by atoms with Crippen molar-refractivity contribution >= 4 is 34.5 Å². The summed E-state index contributed by atoms with van der Waals surface area (Å²) >= 11 is 12.8. The van der Waals surface area contributed by atoms with Crippen LogP contribution in [0, 0.1) is 0 Å². The van der Waals surface area contributed by atoms with Gasteiger partial charge in [0, 0.05) is 5.56 Å². The predicted molar refractivity (Wildman–Crippen MR) is 47.7 cm³/mol. The van der Waals surface area contributed by atoms with Crippen molar-refractivity contribution in [3.63, 3.8) is 0 Å². The van der Waals surface area contributed by atoms with Gasteiger partial charge in [-0.25, -0.2) is 0 Å². The lowest BCUT2D eigenvalue weighted by atomic mass is 10.2. The Kier molecular flexibility index (Phi) is 3.16. The highest BCUT2D eigenvalue weighted by molar-refractivity contribution is 7.20. The van der Waals surface area contributed by atoms with E-state index in [4.69, 9.17) is 28.4 Å². The van der Waals surface area contributed by atoms with Gasteiger partial charge in [0.2, 0.25) is 0 Å². The summed E-state index contributed by atoms with van der Waals surface area (Å²) in [5, 5.41) is 8.57. The molecule has 5 heteroatoms. The van der Waals surface area contributed by atoms with E-state index >= 15 is 0 Å². The monoisotopic (exact) mass is 211 g/mol. The minimum absolute atomic E-state index is 0.175. The topological polar surface area (TPSA) is 32.3 Å². The number of halogens is 2. The van der Waals surface area contributed by atoms with Crippen LogP contribution < -0.4 is 5.48 Å². The van der Waals surface area contributed by atoms with E-state index in [0.717, 1.165) is 5.56 Å². The van der Waals surface area contributed by atoms with Gasteiger partial charge in [-0.05, 0) is 13.0 Å². The van der Waals surface area contributed by atoms with Gasteiger partial charge in [0.1, 0.15) is 0 Å². The van der Waals surface area contributed by atoms with Crippen LogP contribution in [0.1, 0.15) is 18.5 Å². The minimum atomic E-state index is -0.175. The smallest absolute Gasteiger partial charge is 0.0992 e. The van der Waals surface area contributed by atoms with Gasteiger partial charge in [0.05, 0.1) is 14.7 Å². The number of nitrogens with one attached hydrogen (secondary N) is 1. The van der Waals surface area contributed by atoms with Gasteiger partial charge in [-0.3, -0.25) is 0 Å². The zero-order valence-electron chi connectivity index (χ0n) is 5.77. The van der Waals surface area contributed by atoms with Crippen molar-refractivity contribution in [2.24, 2.45) is 0 Å². The fourth-order valence-electron chi connectivity index (χ4n) is 0.718. The molecule has 0 fully saturated rings. The number of hydrogen-bond donors (Lipinski definition) is 2. The van der Waals surface area contributed by atoms with E-state index < -0.39 is 0 Å². The quantitative estimate of drug-likeness (QED) is 0.738. The molecule has 2 N–H and O–H groups in total. The van der Waals surface area contributed by atoms with Crippen molar-refractivity contribution < 1.29 is 5.21 Å². The molecule has 1 rings (SSSR count). The summed E-state index contributed by atoms with van der Waals surface area (Å²) in [6, 6.07) is 1.56. The molecule has 0 spiro atoms. The molecule has 1 unspecified atom stereocenters. The number of hydroxylamine groups is 1. The van der Waals surface area contributed by atoms with Crippen LogP contribution in [0.3, 0.4) is 0 Å². The van der Waals surface area contributed by atoms with Crippen molar-refractivity contribution in [1.82, 2.24) is 5.48 Å². The highest BCUT2D eigenvalue weighted by Gasteiger charge is 2.11. The minimum Gasteiger partial charge on any atom is -0.316 e. The molecular weight excluding hydrogens is 205 g/mol. The Bertz CT molecular complexity index is 251. The molecule has 0 saturated carbocycles. The maximum Gasteiger partial charge on any atom is 0.0992 e. The Labute approximate surface area is 78.7 Å². The SMILES string of the molecule is CC(NO)c1cc(Cl)sc1Cl. The Balaban J connectivity index is 2.93. The molecule has 2 nitrogen and oxygen atoms in total. The summed E-state index contributed by atoms with van der Waals surface area (Å²) in [5.41, 5.74) is 2.92. The highest BCUT2D eigenvalue weighted by Crippen LogP contribution is 2.34. The first-order valence-corrected chi connectivity index (χ1v) is 4.56. The number of hydrogen-bond acceptors (Lipinski definition) is 3. The Morgan fingerprint density at radius 1 is 1.64 bits per heavy atom. The molecule has 0 aromatic carbocycles. The molecular formula is C6H7Cl2NOS. The van der Waals surface area contributed by atoms with E-state index in [9.17, 15) is 0 Å². The van der Waals surface area contributed by atoms with Gasteiger partial charge in [0.15, 0.2) is 0 Å². The van der Waals surface area contributed by atoms with E-state index in [-0.39, 0.29) is 6.04 Å². The molecule has 0 bridgehead atoms. The van der Waals surface area contributed by atoms with Gasteiger partial charge in [-0.2, -0.15) is 5.48 Å². The standard InChI is InChI=1S/C6H7Cl2NOS/c1-3(9-10)4-2-5(7)11-6(4)8/h2-3,9-10H,1H3. The average molecular weight is 212 g/mol. The summed E-state index contributed by atoms with van der Waals surface area (Å²) < 4.78 is 1.25. The second kappa shape index (κ2) is 3.74. The van der Waals surface area contributed by atoms with Crippen LogP contribution in [0.5, 0.6) is 0 Å². The number of thiophene rings is 1. The molecule has 0 aliphatic heterocycles. The molecule has 1 aromatic rings. The van der Waals surface area contributed by atoms with Crippen LogP contribution in [0.4, 0.5) is 0 Å². The first-order valence-electron chi connectivity index (χ1n) is 2.99. The van der Waals surface area contributed by atoms with Crippen molar-refractivity contribution in [3.8, 4) is 0 Å². The van der Waals surface area contributed by atoms with E-state index in [1.807, 2.05) is 0 Å². The van der Waals surface area contributed by atoms with Gasteiger partial charge in [0.25, 0.3) is 0 Å². The summed E-state index contributed by atoms with van der Waals surface area (Å²) in [6.45, 7) is 1.80. The summed E-state index contributed by atoms with van der Waals surface area (Å²) in [7, 11) is 0. The van der Waals surface area contributed by atoms with Crippen molar-refractivity contribution in [2.45, 2.75) is 13.0 Å². The second-order valence-electron chi connectivity index (χ2n) is 2.13. The second-order valence-corrected chi connectivity index (χ2v) is 4.42. The maximum atomic E-state index is 8.57. The summed E-state index contributed by atoms with van der Waals surface area (Å²) in [6.07, 6.45) is 0. The zero-order chi connectivity index (χ0) is 8.43. The van der Waals surface area contributed by atoms with Crippen LogP contribution in [0.15, 0.2) is 6.07 Å².